The van der Waals surface area contributed by atoms with E-state index in [1.165, 1.54) is 39.0 Å². The quantitative estimate of drug-likeness (QED) is 0.565. The molecule has 0 N–H and O–H groups in total. The topological polar surface area (TPSA) is 98.0 Å². The molecule has 1 fully saturated rings. The van der Waals surface area contributed by atoms with Gasteiger partial charge in [0.15, 0.2) is 0 Å². The first-order valence-electron chi connectivity index (χ1n) is 10.1. The van der Waals surface area contributed by atoms with Crippen molar-refractivity contribution < 1.29 is 17.9 Å². The molecule has 1 aliphatic rings. The zero-order valence-electron chi connectivity index (χ0n) is 17.2. The molecule has 0 aliphatic carbocycles. The lowest BCUT2D eigenvalue weighted by molar-refractivity contribution is 0.0467. The summed E-state index contributed by atoms with van der Waals surface area (Å²) in [4.78, 5) is 29.3. The third-order valence-electron chi connectivity index (χ3n) is 5.31. The van der Waals surface area contributed by atoms with Crippen LogP contribution in [-0.4, -0.2) is 41.2 Å². The number of nitrogens with zero attached hydrogens (tertiary/aromatic N) is 3. The van der Waals surface area contributed by atoms with Crippen molar-refractivity contribution in [3.63, 3.8) is 0 Å². The number of sulfonamides is 1. The maximum absolute atomic E-state index is 12.9. The van der Waals surface area contributed by atoms with Gasteiger partial charge < -0.3 is 4.74 Å². The van der Waals surface area contributed by atoms with E-state index in [2.05, 4.69) is 4.98 Å². The van der Waals surface area contributed by atoms with E-state index in [9.17, 15) is 18.0 Å². The maximum Gasteiger partial charge on any atom is 0.338 e. The Kier molecular flexibility index (Phi) is 5.88. The van der Waals surface area contributed by atoms with Gasteiger partial charge in [-0.2, -0.15) is 4.31 Å². The van der Waals surface area contributed by atoms with Gasteiger partial charge in [-0.3, -0.25) is 9.20 Å². The second kappa shape index (κ2) is 8.60. The molecule has 31 heavy (non-hydrogen) atoms. The Morgan fingerprint density at radius 1 is 1.10 bits per heavy atom. The van der Waals surface area contributed by atoms with Crippen molar-refractivity contribution in [2.24, 2.45) is 0 Å². The second-order valence-corrected chi connectivity index (χ2v) is 9.48. The Hall–Kier alpha value is -3.04. The number of rotatable bonds is 5. The number of aromatic nitrogens is 2. The smallest absolute Gasteiger partial charge is 0.338 e. The van der Waals surface area contributed by atoms with E-state index in [1.807, 2.05) is 13.0 Å². The SMILES string of the molecule is Cc1cccn2c(=O)cc(COC(=O)c3cccc(S(=O)(=O)N4CCCCC4)c3)nc12. The Balaban J connectivity index is 1.52. The number of carbonyl (C=O) groups excluding carboxylic acids is 1. The molecular weight excluding hydrogens is 418 g/mol. The van der Waals surface area contributed by atoms with E-state index in [0.717, 1.165) is 24.8 Å². The van der Waals surface area contributed by atoms with Crippen LogP contribution in [0.25, 0.3) is 5.65 Å². The summed E-state index contributed by atoms with van der Waals surface area (Å²) in [7, 11) is -3.65. The molecule has 9 heteroatoms. The summed E-state index contributed by atoms with van der Waals surface area (Å²) in [6.45, 7) is 2.62. The number of hydrogen-bond donors (Lipinski definition) is 0. The van der Waals surface area contributed by atoms with Crippen LogP contribution in [0.2, 0.25) is 0 Å². The van der Waals surface area contributed by atoms with Crippen LogP contribution in [0.5, 0.6) is 0 Å². The molecule has 0 spiro atoms. The van der Waals surface area contributed by atoms with Crippen LogP contribution in [0.15, 0.2) is 58.4 Å². The van der Waals surface area contributed by atoms with Gasteiger partial charge in [0.25, 0.3) is 5.56 Å². The molecule has 3 aromatic rings. The molecule has 1 aromatic carbocycles. The van der Waals surface area contributed by atoms with Gasteiger partial charge in [-0.25, -0.2) is 18.2 Å². The second-order valence-electron chi connectivity index (χ2n) is 7.54. The molecule has 8 nitrogen and oxygen atoms in total. The van der Waals surface area contributed by atoms with Crippen molar-refractivity contribution >= 4 is 21.6 Å². The Morgan fingerprint density at radius 3 is 2.65 bits per heavy atom. The van der Waals surface area contributed by atoms with Gasteiger partial charge in [0.1, 0.15) is 12.3 Å². The third kappa shape index (κ3) is 4.38. The summed E-state index contributed by atoms with van der Waals surface area (Å²) in [6.07, 6.45) is 4.31. The summed E-state index contributed by atoms with van der Waals surface area (Å²) < 4.78 is 33.9. The zero-order chi connectivity index (χ0) is 22.0. The number of pyridine rings is 1. The van der Waals surface area contributed by atoms with Crippen LogP contribution in [0, 0.1) is 6.92 Å². The number of ether oxygens (including phenoxy) is 1. The largest absolute Gasteiger partial charge is 0.456 e. The van der Waals surface area contributed by atoms with Crippen LogP contribution in [0.1, 0.15) is 40.9 Å². The van der Waals surface area contributed by atoms with Gasteiger partial charge in [0.2, 0.25) is 10.0 Å². The zero-order valence-corrected chi connectivity index (χ0v) is 18.0. The fraction of sp³-hybridized carbons (Fsp3) is 0.318. The first-order valence-corrected chi connectivity index (χ1v) is 11.6. The lowest BCUT2D eigenvalue weighted by Gasteiger charge is -2.25. The van der Waals surface area contributed by atoms with Crippen LogP contribution in [0.3, 0.4) is 0 Å². The first kappa shape index (κ1) is 21.2. The predicted molar refractivity (Wildman–Crippen MR) is 114 cm³/mol. The Labute approximate surface area is 180 Å². The van der Waals surface area contributed by atoms with E-state index < -0.39 is 16.0 Å². The van der Waals surface area contributed by atoms with E-state index in [1.54, 1.807) is 12.3 Å². The summed E-state index contributed by atoms with van der Waals surface area (Å²) in [6, 6.07) is 10.8. The van der Waals surface area contributed by atoms with E-state index in [-0.39, 0.29) is 22.6 Å². The molecule has 4 rings (SSSR count). The molecule has 0 radical (unpaired) electrons. The Bertz CT molecular complexity index is 1290. The van der Waals surface area contributed by atoms with Crippen molar-refractivity contribution in [1.82, 2.24) is 13.7 Å². The summed E-state index contributed by atoms with van der Waals surface area (Å²) in [5.41, 5.74) is 1.50. The van der Waals surface area contributed by atoms with Crippen LogP contribution in [-0.2, 0) is 21.4 Å². The van der Waals surface area contributed by atoms with Crippen LogP contribution in [0.4, 0.5) is 0 Å². The molecule has 0 saturated carbocycles. The molecule has 0 bridgehead atoms. The molecular formula is C22H23N3O5S. The van der Waals surface area contributed by atoms with Crippen molar-refractivity contribution in [2.45, 2.75) is 37.7 Å². The molecule has 2 aromatic heterocycles. The van der Waals surface area contributed by atoms with E-state index in [4.69, 9.17) is 4.74 Å². The Morgan fingerprint density at radius 2 is 1.87 bits per heavy atom. The number of hydrogen-bond acceptors (Lipinski definition) is 6. The molecule has 0 amide bonds. The summed E-state index contributed by atoms with van der Waals surface area (Å²) >= 11 is 0. The summed E-state index contributed by atoms with van der Waals surface area (Å²) in [5, 5.41) is 0. The van der Waals surface area contributed by atoms with Crippen molar-refractivity contribution in [3.8, 4) is 0 Å². The lowest BCUT2D eigenvalue weighted by atomic mass is 10.2. The molecule has 1 saturated heterocycles. The highest BCUT2D eigenvalue weighted by molar-refractivity contribution is 7.89. The molecule has 3 heterocycles. The highest BCUT2D eigenvalue weighted by Crippen LogP contribution is 2.21. The molecule has 162 valence electrons. The van der Waals surface area contributed by atoms with Crippen LogP contribution < -0.4 is 5.56 Å². The fourth-order valence-corrected chi connectivity index (χ4v) is 5.21. The van der Waals surface area contributed by atoms with Crippen molar-refractivity contribution in [1.29, 1.82) is 0 Å². The highest BCUT2D eigenvalue weighted by Gasteiger charge is 2.26. The van der Waals surface area contributed by atoms with Crippen molar-refractivity contribution in [2.75, 3.05) is 13.1 Å². The third-order valence-corrected chi connectivity index (χ3v) is 7.21. The van der Waals surface area contributed by atoms with Gasteiger partial charge in [-0.05, 0) is 49.6 Å². The minimum absolute atomic E-state index is 0.0709. The number of aryl methyl sites for hydroxylation is 1. The fourth-order valence-electron chi connectivity index (χ4n) is 3.64. The van der Waals surface area contributed by atoms with E-state index in [0.29, 0.717) is 24.4 Å². The standard InChI is InChI=1S/C22H23N3O5S/c1-16-7-6-12-25-20(26)14-18(23-21(16)25)15-30-22(27)17-8-5-9-19(13-17)31(28,29)24-10-3-2-4-11-24/h5-9,12-14H,2-4,10-11,15H2,1H3. The lowest BCUT2D eigenvalue weighted by Crippen LogP contribution is -2.35. The average molecular weight is 442 g/mol. The van der Waals surface area contributed by atoms with Gasteiger partial charge in [0, 0.05) is 25.4 Å². The number of benzene rings is 1. The molecule has 0 atom stereocenters. The minimum Gasteiger partial charge on any atom is -0.456 e. The van der Waals surface area contributed by atoms with Gasteiger partial charge in [-0.15, -0.1) is 0 Å². The molecule has 0 unspecified atom stereocenters. The van der Waals surface area contributed by atoms with Gasteiger partial charge in [-0.1, -0.05) is 18.6 Å². The number of esters is 1. The maximum atomic E-state index is 12.9. The summed E-state index contributed by atoms with van der Waals surface area (Å²) in [5.74, 6) is -0.678. The number of carbonyl (C=O) groups is 1. The normalized spacial score (nSPS) is 15.1. The monoisotopic (exact) mass is 441 g/mol. The van der Waals surface area contributed by atoms with Gasteiger partial charge >= 0.3 is 5.97 Å². The van der Waals surface area contributed by atoms with E-state index >= 15 is 0 Å². The highest BCUT2D eigenvalue weighted by atomic mass is 32.2. The minimum atomic E-state index is -3.65. The van der Waals surface area contributed by atoms with Crippen molar-refractivity contribution in [3.05, 3.63) is 75.8 Å². The van der Waals surface area contributed by atoms with Gasteiger partial charge in [0.05, 0.1) is 16.2 Å². The predicted octanol–water partition coefficient (Wildman–Crippen LogP) is 2.53. The average Bonchev–Trinajstić information content (AvgIpc) is 2.79. The first-order chi connectivity index (χ1) is 14.9. The molecule has 1 aliphatic heterocycles. The number of fused-ring (bicyclic) bond motifs is 1. The van der Waals surface area contributed by atoms with Crippen LogP contribution >= 0.6 is 0 Å². The number of piperidine rings is 1.